The first-order valence-corrected chi connectivity index (χ1v) is 5.26. The van der Waals surface area contributed by atoms with Crippen molar-refractivity contribution >= 4 is 0 Å². The van der Waals surface area contributed by atoms with Crippen LogP contribution in [0.25, 0.3) is 0 Å². The normalized spacial score (nSPS) is 12.5. The van der Waals surface area contributed by atoms with E-state index in [4.69, 9.17) is 10.5 Å². The lowest BCUT2D eigenvalue weighted by Gasteiger charge is -2.15. The van der Waals surface area contributed by atoms with E-state index in [0.29, 0.717) is 6.54 Å². The standard InChI is InChI=1S/C12H18FNO/c1-9-8-11(13)5-6-12(9)15-10(2)4-3-7-14/h5-6,8,10H,3-4,7,14H2,1-2H3. The summed E-state index contributed by atoms with van der Waals surface area (Å²) in [7, 11) is 0. The molecule has 0 aliphatic heterocycles. The lowest BCUT2D eigenvalue weighted by atomic mass is 10.2. The molecule has 0 saturated heterocycles. The van der Waals surface area contributed by atoms with Crippen LogP contribution in [0.4, 0.5) is 4.39 Å². The molecule has 1 rings (SSSR count). The predicted octanol–water partition coefficient (Wildman–Crippen LogP) is 2.64. The smallest absolute Gasteiger partial charge is 0.123 e. The third kappa shape index (κ3) is 3.88. The monoisotopic (exact) mass is 211 g/mol. The first kappa shape index (κ1) is 12.0. The van der Waals surface area contributed by atoms with E-state index in [0.717, 1.165) is 24.2 Å². The van der Waals surface area contributed by atoms with Crippen LogP contribution < -0.4 is 10.5 Å². The molecular formula is C12H18FNO. The van der Waals surface area contributed by atoms with Crippen LogP contribution in [0.1, 0.15) is 25.3 Å². The van der Waals surface area contributed by atoms with Crippen molar-refractivity contribution in [2.75, 3.05) is 6.54 Å². The van der Waals surface area contributed by atoms with Crippen LogP contribution >= 0.6 is 0 Å². The van der Waals surface area contributed by atoms with E-state index in [2.05, 4.69) is 0 Å². The highest BCUT2D eigenvalue weighted by Gasteiger charge is 2.06. The Morgan fingerprint density at radius 1 is 1.47 bits per heavy atom. The van der Waals surface area contributed by atoms with E-state index >= 15 is 0 Å². The Kier molecular flexibility index (Phi) is 4.56. The van der Waals surface area contributed by atoms with Crippen molar-refractivity contribution in [3.05, 3.63) is 29.6 Å². The van der Waals surface area contributed by atoms with Gasteiger partial charge < -0.3 is 10.5 Å². The average molecular weight is 211 g/mol. The van der Waals surface area contributed by atoms with Gasteiger partial charge in [0.25, 0.3) is 0 Å². The molecule has 1 unspecified atom stereocenters. The predicted molar refractivity (Wildman–Crippen MR) is 59.5 cm³/mol. The molecule has 0 saturated carbocycles. The summed E-state index contributed by atoms with van der Waals surface area (Å²) in [5, 5.41) is 0. The second-order valence-electron chi connectivity index (χ2n) is 3.77. The molecule has 1 aromatic rings. The molecule has 0 aliphatic rings. The maximum absolute atomic E-state index is 12.8. The van der Waals surface area contributed by atoms with Crippen molar-refractivity contribution in [2.24, 2.45) is 5.73 Å². The molecular weight excluding hydrogens is 193 g/mol. The summed E-state index contributed by atoms with van der Waals surface area (Å²) < 4.78 is 18.5. The Morgan fingerprint density at radius 3 is 2.80 bits per heavy atom. The van der Waals surface area contributed by atoms with E-state index < -0.39 is 0 Å². The fourth-order valence-corrected chi connectivity index (χ4v) is 1.43. The highest BCUT2D eigenvalue weighted by atomic mass is 19.1. The third-order valence-corrected chi connectivity index (χ3v) is 2.28. The van der Waals surface area contributed by atoms with Gasteiger partial charge in [0, 0.05) is 0 Å². The number of halogens is 1. The first-order chi connectivity index (χ1) is 7.13. The second-order valence-corrected chi connectivity index (χ2v) is 3.77. The van der Waals surface area contributed by atoms with Gasteiger partial charge in [-0.3, -0.25) is 0 Å². The van der Waals surface area contributed by atoms with E-state index in [1.165, 1.54) is 12.1 Å². The van der Waals surface area contributed by atoms with Crippen molar-refractivity contribution in [3.63, 3.8) is 0 Å². The summed E-state index contributed by atoms with van der Waals surface area (Å²) in [6, 6.07) is 4.56. The minimum atomic E-state index is -0.227. The molecule has 0 fully saturated rings. The summed E-state index contributed by atoms with van der Waals surface area (Å²) in [4.78, 5) is 0. The summed E-state index contributed by atoms with van der Waals surface area (Å²) in [5.41, 5.74) is 6.24. The molecule has 0 aromatic heterocycles. The van der Waals surface area contributed by atoms with E-state index in [1.54, 1.807) is 6.07 Å². The lowest BCUT2D eigenvalue weighted by Crippen LogP contribution is -2.14. The first-order valence-electron chi connectivity index (χ1n) is 5.26. The Balaban J connectivity index is 2.56. The van der Waals surface area contributed by atoms with Gasteiger partial charge in [-0.15, -0.1) is 0 Å². The molecule has 15 heavy (non-hydrogen) atoms. The van der Waals surface area contributed by atoms with Crippen molar-refractivity contribution < 1.29 is 9.13 Å². The average Bonchev–Trinajstić information content (AvgIpc) is 2.19. The van der Waals surface area contributed by atoms with Gasteiger partial charge in [-0.1, -0.05) is 0 Å². The number of hydrogen-bond donors (Lipinski definition) is 1. The highest BCUT2D eigenvalue weighted by molar-refractivity contribution is 5.32. The number of nitrogens with two attached hydrogens (primary N) is 1. The van der Waals surface area contributed by atoms with Crippen LogP contribution in [-0.2, 0) is 0 Å². The summed E-state index contributed by atoms with van der Waals surface area (Å²) in [5.74, 6) is 0.524. The van der Waals surface area contributed by atoms with Gasteiger partial charge in [-0.05, 0) is 57.0 Å². The Bertz CT molecular complexity index is 314. The van der Waals surface area contributed by atoms with Crippen LogP contribution in [-0.4, -0.2) is 12.6 Å². The number of benzene rings is 1. The molecule has 0 radical (unpaired) electrons. The maximum Gasteiger partial charge on any atom is 0.123 e. The van der Waals surface area contributed by atoms with Gasteiger partial charge in [0.15, 0.2) is 0 Å². The molecule has 2 nitrogen and oxygen atoms in total. The maximum atomic E-state index is 12.8. The van der Waals surface area contributed by atoms with Gasteiger partial charge in [-0.2, -0.15) is 0 Å². The van der Waals surface area contributed by atoms with Gasteiger partial charge in [-0.25, -0.2) is 4.39 Å². The Labute approximate surface area is 90.2 Å². The van der Waals surface area contributed by atoms with E-state index in [-0.39, 0.29) is 11.9 Å². The van der Waals surface area contributed by atoms with Gasteiger partial charge in [0.1, 0.15) is 11.6 Å². The molecule has 0 amide bonds. The zero-order valence-electron chi connectivity index (χ0n) is 9.29. The zero-order valence-corrected chi connectivity index (χ0v) is 9.29. The van der Waals surface area contributed by atoms with Crippen LogP contribution in [0.2, 0.25) is 0 Å². The minimum absolute atomic E-state index is 0.123. The molecule has 0 bridgehead atoms. The molecule has 1 atom stereocenters. The van der Waals surface area contributed by atoms with Crippen LogP contribution in [0.15, 0.2) is 18.2 Å². The topological polar surface area (TPSA) is 35.2 Å². The number of aryl methyl sites for hydroxylation is 1. The minimum Gasteiger partial charge on any atom is -0.490 e. The molecule has 2 N–H and O–H groups in total. The molecule has 0 aliphatic carbocycles. The lowest BCUT2D eigenvalue weighted by molar-refractivity contribution is 0.207. The summed E-state index contributed by atoms with van der Waals surface area (Å²) >= 11 is 0. The summed E-state index contributed by atoms with van der Waals surface area (Å²) in [6.07, 6.45) is 1.99. The molecule has 84 valence electrons. The fourth-order valence-electron chi connectivity index (χ4n) is 1.43. The van der Waals surface area contributed by atoms with E-state index in [9.17, 15) is 4.39 Å². The second kappa shape index (κ2) is 5.71. The third-order valence-electron chi connectivity index (χ3n) is 2.28. The van der Waals surface area contributed by atoms with Crippen molar-refractivity contribution in [1.82, 2.24) is 0 Å². The fraction of sp³-hybridized carbons (Fsp3) is 0.500. The van der Waals surface area contributed by atoms with Crippen LogP contribution in [0, 0.1) is 12.7 Å². The Hall–Kier alpha value is -1.09. The van der Waals surface area contributed by atoms with Gasteiger partial charge in [0.2, 0.25) is 0 Å². The number of rotatable bonds is 5. The SMILES string of the molecule is Cc1cc(F)ccc1OC(C)CCCN. The van der Waals surface area contributed by atoms with Crippen LogP contribution in [0.5, 0.6) is 5.75 Å². The Morgan fingerprint density at radius 2 is 2.20 bits per heavy atom. The number of hydrogen-bond acceptors (Lipinski definition) is 2. The molecule has 1 aromatic carbocycles. The zero-order chi connectivity index (χ0) is 11.3. The highest BCUT2D eigenvalue weighted by Crippen LogP contribution is 2.20. The molecule has 0 spiro atoms. The largest absolute Gasteiger partial charge is 0.490 e. The van der Waals surface area contributed by atoms with Crippen molar-refractivity contribution in [2.45, 2.75) is 32.8 Å². The van der Waals surface area contributed by atoms with Gasteiger partial charge >= 0.3 is 0 Å². The van der Waals surface area contributed by atoms with Crippen molar-refractivity contribution in [1.29, 1.82) is 0 Å². The van der Waals surface area contributed by atoms with E-state index in [1.807, 2.05) is 13.8 Å². The van der Waals surface area contributed by atoms with Crippen LogP contribution in [0.3, 0.4) is 0 Å². The van der Waals surface area contributed by atoms with Crippen molar-refractivity contribution in [3.8, 4) is 5.75 Å². The number of ether oxygens (including phenoxy) is 1. The summed E-state index contributed by atoms with van der Waals surface area (Å²) in [6.45, 7) is 4.52. The quantitative estimate of drug-likeness (QED) is 0.812. The molecule has 0 heterocycles. The van der Waals surface area contributed by atoms with Gasteiger partial charge in [0.05, 0.1) is 6.10 Å². The molecule has 3 heteroatoms.